The molecule has 0 bridgehead atoms. The average Bonchev–Trinajstić information content (AvgIpc) is 3.17. The molecule has 0 radical (unpaired) electrons. The maximum Gasteiger partial charge on any atom is 0.432 e. The molecule has 130 valence electrons. The molecule has 0 atom stereocenters. The first kappa shape index (κ1) is 16.5. The van der Waals surface area contributed by atoms with Gasteiger partial charge in [0.05, 0.1) is 5.69 Å². The number of anilines is 1. The lowest BCUT2D eigenvalue weighted by atomic mass is 9.77. The number of rotatable bonds is 3. The number of nitrogens with zero attached hydrogens (tertiary/aromatic N) is 2. The Labute approximate surface area is 134 Å². The quantitative estimate of drug-likeness (QED) is 0.892. The van der Waals surface area contributed by atoms with Crippen LogP contribution in [0.3, 0.4) is 0 Å². The second kappa shape index (κ2) is 5.93. The Balaban J connectivity index is 1.86. The van der Waals surface area contributed by atoms with Crippen LogP contribution in [0, 0.1) is 6.92 Å². The first-order valence-electron chi connectivity index (χ1n) is 7.27. The summed E-state index contributed by atoms with van der Waals surface area (Å²) in [6.07, 6.45) is -3.89. The second-order valence-corrected chi connectivity index (χ2v) is 5.65. The van der Waals surface area contributed by atoms with E-state index in [0.717, 1.165) is 6.07 Å². The van der Waals surface area contributed by atoms with Gasteiger partial charge in [-0.15, -0.1) is 0 Å². The largest absolute Gasteiger partial charge is 0.432 e. The minimum Gasteiger partial charge on any atom is -0.381 e. The van der Waals surface area contributed by atoms with Gasteiger partial charge in [-0.1, -0.05) is 5.16 Å². The molecular formula is C14H15F3N4O3. The number of ether oxygens (including phenoxy) is 1. The van der Waals surface area contributed by atoms with Gasteiger partial charge in [-0.3, -0.25) is 9.89 Å². The Morgan fingerprint density at radius 3 is 2.58 bits per heavy atom. The SMILES string of the molecule is Cc1cc(C2(C(=O)Nc3cc(C(F)(F)F)[nH]n3)CCOCC2)on1. The third-order valence-electron chi connectivity index (χ3n) is 4.01. The van der Waals surface area contributed by atoms with Gasteiger partial charge in [-0.2, -0.15) is 18.3 Å². The van der Waals surface area contributed by atoms with E-state index in [0.29, 0.717) is 37.5 Å². The summed E-state index contributed by atoms with van der Waals surface area (Å²) in [5.74, 6) is -0.330. The third kappa shape index (κ3) is 3.01. The molecule has 0 unspecified atom stereocenters. The van der Waals surface area contributed by atoms with Crippen molar-refractivity contribution in [3.05, 3.63) is 29.3 Å². The summed E-state index contributed by atoms with van der Waals surface area (Å²) in [7, 11) is 0. The number of amides is 1. The van der Waals surface area contributed by atoms with E-state index < -0.39 is 23.2 Å². The van der Waals surface area contributed by atoms with Crippen molar-refractivity contribution in [1.29, 1.82) is 0 Å². The van der Waals surface area contributed by atoms with Crippen LogP contribution >= 0.6 is 0 Å². The molecule has 0 aromatic carbocycles. The Kier molecular flexibility index (Phi) is 4.08. The van der Waals surface area contributed by atoms with Crippen LogP contribution in [-0.2, 0) is 21.1 Å². The molecule has 1 aliphatic heterocycles. The van der Waals surface area contributed by atoms with Gasteiger partial charge in [0, 0.05) is 25.3 Å². The average molecular weight is 344 g/mol. The Morgan fingerprint density at radius 2 is 2.04 bits per heavy atom. The normalized spacial score (nSPS) is 17.7. The smallest absolute Gasteiger partial charge is 0.381 e. The molecule has 2 N–H and O–H groups in total. The summed E-state index contributed by atoms with van der Waals surface area (Å²) < 4.78 is 48.4. The number of hydrogen-bond acceptors (Lipinski definition) is 5. The summed E-state index contributed by atoms with van der Waals surface area (Å²) >= 11 is 0. The molecule has 3 heterocycles. The number of halogens is 3. The fraction of sp³-hybridized carbons (Fsp3) is 0.500. The minimum absolute atomic E-state index is 0.200. The van der Waals surface area contributed by atoms with Crippen LogP contribution in [0.4, 0.5) is 19.0 Å². The van der Waals surface area contributed by atoms with E-state index in [1.54, 1.807) is 13.0 Å². The van der Waals surface area contributed by atoms with Gasteiger partial charge < -0.3 is 14.6 Å². The molecule has 10 heteroatoms. The molecule has 2 aromatic rings. The predicted molar refractivity (Wildman–Crippen MR) is 75.2 cm³/mol. The van der Waals surface area contributed by atoms with Crippen LogP contribution in [0.5, 0.6) is 0 Å². The fourth-order valence-corrected chi connectivity index (χ4v) is 2.66. The summed E-state index contributed by atoms with van der Waals surface area (Å²) in [4.78, 5) is 12.8. The highest BCUT2D eigenvalue weighted by Crippen LogP contribution is 2.37. The number of aromatic nitrogens is 3. The number of alkyl halides is 3. The highest BCUT2D eigenvalue weighted by Gasteiger charge is 2.45. The molecule has 7 nitrogen and oxygen atoms in total. The van der Waals surface area contributed by atoms with E-state index in [2.05, 4.69) is 15.6 Å². The van der Waals surface area contributed by atoms with Gasteiger partial charge in [0.2, 0.25) is 5.91 Å². The van der Waals surface area contributed by atoms with E-state index in [4.69, 9.17) is 9.26 Å². The number of H-pyrrole nitrogens is 1. The number of aryl methyl sites for hydroxylation is 1. The van der Waals surface area contributed by atoms with Crippen molar-refractivity contribution in [3.8, 4) is 0 Å². The van der Waals surface area contributed by atoms with Gasteiger partial charge in [-0.25, -0.2) is 0 Å². The van der Waals surface area contributed by atoms with Gasteiger partial charge in [0.1, 0.15) is 11.1 Å². The number of aromatic amines is 1. The Bertz CT molecular complexity index is 732. The number of carbonyl (C=O) groups is 1. The molecule has 0 spiro atoms. The zero-order chi connectivity index (χ0) is 17.4. The maximum atomic E-state index is 12.8. The van der Waals surface area contributed by atoms with Gasteiger partial charge in [0.25, 0.3) is 0 Å². The predicted octanol–water partition coefficient (Wildman–Crippen LogP) is 2.41. The molecule has 0 aliphatic carbocycles. The van der Waals surface area contributed by atoms with E-state index in [1.165, 1.54) is 0 Å². The molecule has 1 saturated heterocycles. The summed E-state index contributed by atoms with van der Waals surface area (Å²) in [6, 6.07) is 2.40. The lowest BCUT2D eigenvalue weighted by Crippen LogP contribution is -2.44. The summed E-state index contributed by atoms with van der Waals surface area (Å²) in [6.45, 7) is 2.39. The summed E-state index contributed by atoms with van der Waals surface area (Å²) in [5.41, 5.74) is -1.46. The molecule has 0 saturated carbocycles. The second-order valence-electron chi connectivity index (χ2n) is 5.65. The van der Waals surface area contributed by atoms with E-state index >= 15 is 0 Å². The van der Waals surface area contributed by atoms with Crippen molar-refractivity contribution >= 4 is 11.7 Å². The molecule has 1 amide bonds. The first-order chi connectivity index (χ1) is 11.3. The lowest BCUT2D eigenvalue weighted by molar-refractivity contribution is -0.141. The van der Waals surface area contributed by atoms with Crippen LogP contribution < -0.4 is 5.32 Å². The van der Waals surface area contributed by atoms with E-state index in [9.17, 15) is 18.0 Å². The van der Waals surface area contributed by atoms with Gasteiger partial charge >= 0.3 is 6.18 Å². The molecular weight excluding hydrogens is 329 g/mol. The monoisotopic (exact) mass is 344 g/mol. The molecule has 24 heavy (non-hydrogen) atoms. The van der Waals surface area contributed by atoms with Crippen LogP contribution in [0.15, 0.2) is 16.7 Å². The van der Waals surface area contributed by atoms with Crippen molar-refractivity contribution < 1.29 is 27.2 Å². The number of carbonyl (C=O) groups excluding carboxylic acids is 1. The standard InChI is InChI=1S/C14H15F3N4O3/c1-8-6-10(24-21-8)13(2-4-23-5-3-13)12(22)18-11-7-9(19-20-11)14(15,16)17/h6-7H,2-5H2,1H3,(H2,18,19,20,22). The Hall–Kier alpha value is -2.36. The fourth-order valence-electron chi connectivity index (χ4n) is 2.66. The van der Waals surface area contributed by atoms with Crippen molar-refractivity contribution in [2.24, 2.45) is 0 Å². The molecule has 3 rings (SSSR count). The zero-order valence-corrected chi connectivity index (χ0v) is 12.7. The Morgan fingerprint density at radius 1 is 1.33 bits per heavy atom. The molecule has 2 aromatic heterocycles. The van der Waals surface area contributed by atoms with Gasteiger partial charge in [0.15, 0.2) is 11.6 Å². The van der Waals surface area contributed by atoms with Crippen LogP contribution in [-0.4, -0.2) is 34.5 Å². The minimum atomic E-state index is -4.56. The van der Waals surface area contributed by atoms with Crippen molar-refractivity contribution in [3.63, 3.8) is 0 Å². The van der Waals surface area contributed by atoms with Crippen LogP contribution in [0.2, 0.25) is 0 Å². The van der Waals surface area contributed by atoms with Crippen LogP contribution in [0.25, 0.3) is 0 Å². The van der Waals surface area contributed by atoms with Crippen molar-refractivity contribution in [1.82, 2.24) is 15.4 Å². The van der Waals surface area contributed by atoms with Crippen LogP contribution in [0.1, 0.15) is 30.0 Å². The third-order valence-corrected chi connectivity index (χ3v) is 4.01. The number of hydrogen-bond donors (Lipinski definition) is 2. The first-order valence-corrected chi connectivity index (χ1v) is 7.27. The van der Waals surface area contributed by atoms with E-state index in [1.807, 2.05) is 5.10 Å². The summed E-state index contributed by atoms with van der Waals surface area (Å²) in [5, 5.41) is 11.6. The van der Waals surface area contributed by atoms with E-state index in [-0.39, 0.29) is 5.82 Å². The van der Waals surface area contributed by atoms with Gasteiger partial charge in [-0.05, 0) is 19.8 Å². The highest BCUT2D eigenvalue weighted by atomic mass is 19.4. The lowest BCUT2D eigenvalue weighted by Gasteiger charge is -2.33. The maximum absolute atomic E-state index is 12.8. The topological polar surface area (TPSA) is 93.0 Å². The van der Waals surface area contributed by atoms with Crippen molar-refractivity contribution in [2.75, 3.05) is 18.5 Å². The van der Waals surface area contributed by atoms with Crippen molar-refractivity contribution in [2.45, 2.75) is 31.4 Å². The zero-order valence-electron chi connectivity index (χ0n) is 12.7. The molecule has 1 aliphatic rings. The molecule has 1 fully saturated rings. The highest BCUT2D eigenvalue weighted by molar-refractivity contribution is 5.98. The number of nitrogens with one attached hydrogen (secondary N) is 2.